The highest BCUT2D eigenvalue weighted by atomic mass is 28.4. The summed E-state index contributed by atoms with van der Waals surface area (Å²) < 4.78 is 40.4. The maximum Gasteiger partial charge on any atom is 0.349 e. The molecule has 3 aliphatic rings. The smallest absolute Gasteiger partial charge is 0.349 e. The second-order valence-corrected chi connectivity index (χ2v) is 17.6. The number of imidazole rings is 1. The van der Waals surface area contributed by atoms with Gasteiger partial charge >= 0.3 is 8.56 Å². The molecular weight excluding hydrogens is 536 g/mol. The molecule has 0 bridgehead atoms. The first-order valence-electron chi connectivity index (χ1n) is 13.7. The summed E-state index contributed by atoms with van der Waals surface area (Å²) in [4.78, 5) is 29.1. The normalized spacial score (nSPS) is 27.6. The largest absolute Gasteiger partial charge is 0.391 e. The molecule has 0 spiro atoms. The Bertz CT molecular complexity index is 1290. The van der Waals surface area contributed by atoms with Crippen molar-refractivity contribution >= 4 is 32.0 Å². The molecule has 0 unspecified atom stereocenters. The van der Waals surface area contributed by atoms with E-state index in [1.165, 1.54) is 4.57 Å². The van der Waals surface area contributed by atoms with E-state index >= 15 is 0 Å². The number of methoxy groups -OCH3 is 1. The summed E-state index contributed by atoms with van der Waals surface area (Å²) in [5.74, 6) is 0.211. The van der Waals surface area contributed by atoms with Gasteiger partial charge in [-0.2, -0.15) is 4.98 Å². The Labute approximate surface area is 235 Å². The fraction of sp³-hybridized carbons (Fsp3) is 0.769. The maximum absolute atomic E-state index is 13.7. The van der Waals surface area contributed by atoms with E-state index in [-0.39, 0.29) is 45.9 Å². The van der Waals surface area contributed by atoms with Crippen LogP contribution < -0.4 is 5.56 Å². The first-order chi connectivity index (χ1) is 18.8. The predicted molar refractivity (Wildman–Crippen MR) is 150 cm³/mol. The molecule has 14 heteroatoms. The average Bonchev–Trinajstić information content (AvgIpc) is 3.60. The van der Waals surface area contributed by atoms with E-state index in [9.17, 15) is 4.79 Å². The van der Waals surface area contributed by atoms with Crippen LogP contribution in [-0.4, -0.2) is 105 Å². The summed E-state index contributed by atoms with van der Waals surface area (Å²) in [7, 11) is 2.57. The summed E-state index contributed by atoms with van der Waals surface area (Å²) in [6.45, 7) is 14.5. The van der Waals surface area contributed by atoms with Gasteiger partial charge in [0.1, 0.15) is 18.3 Å². The molecule has 13 nitrogen and oxygen atoms in total. The van der Waals surface area contributed by atoms with Gasteiger partial charge in [0.05, 0.1) is 39.0 Å². The number of rotatable bonds is 6. The number of fused-ring (bicyclic) bond motifs is 2. The van der Waals surface area contributed by atoms with Crippen LogP contribution in [0.25, 0.3) is 11.2 Å². The minimum absolute atomic E-state index is 0.150. The Kier molecular flexibility index (Phi) is 7.74. The summed E-state index contributed by atoms with van der Waals surface area (Å²) in [6, 6.07) is 0. The molecule has 222 valence electrons. The van der Waals surface area contributed by atoms with Crippen LogP contribution in [0.2, 0.25) is 10.1 Å². The standard InChI is InChI=1S/C26H42N6O7Si/c1-25(2,3)40(26(4,5)6)37-13-16-19(39-40)20(34-9)23(38-16)32-15-27-18-21(32)29-24(28-14-30(7)8)31(22(18)33)12-17-35-10-11-36-17/h14-17,19-20,23H,10-13H2,1-9H3/b28-14+/t16-,19-,20-,23-/m1/s1. The summed E-state index contributed by atoms with van der Waals surface area (Å²) >= 11 is 0. The minimum Gasteiger partial charge on any atom is -0.391 e. The van der Waals surface area contributed by atoms with E-state index in [2.05, 4.69) is 51.5 Å². The zero-order chi connectivity index (χ0) is 29.0. The van der Waals surface area contributed by atoms with Crippen molar-refractivity contribution in [3.8, 4) is 0 Å². The molecule has 5 rings (SSSR count). The molecule has 0 aromatic carbocycles. The third-order valence-corrected chi connectivity index (χ3v) is 12.8. The van der Waals surface area contributed by atoms with Crippen LogP contribution in [0.15, 0.2) is 16.1 Å². The SMILES string of the molecule is CO[C@@H]1[C@@H]2O[Si](C(C)(C)C)(C(C)(C)C)OC[C@H]2O[C@H]1n1cnc2c(=O)n(CC3OCCO3)c(/N=C/N(C)C)nc21. The monoisotopic (exact) mass is 578 g/mol. The van der Waals surface area contributed by atoms with Crippen molar-refractivity contribution in [2.75, 3.05) is 41.0 Å². The Morgan fingerprint density at radius 1 is 1.18 bits per heavy atom. The van der Waals surface area contributed by atoms with Gasteiger partial charge in [0.15, 0.2) is 23.7 Å². The van der Waals surface area contributed by atoms with Gasteiger partial charge in [-0.1, -0.05) is 41.5 Å². The van der Waals surface area contributed by atoms with Gasteiger partial charge in [-0.3, -0.25) is 13.9 Å². The van der Waals surface area contributed by atoms with Crippen LogP contribution >= 0.6 is 0 Å². The van der Waals surface area contributed by atoms with E-state index in [1.54, 1.807) is 29.2 Å². The van der Waals surface area contributed by atoms with Gasteiger partial charge < -0.3 is 32.7 Å². The van der Waals surface area contributed by atoms with Crippen LogP contribution in [0.3, 0.4) is 0 Å². The molecule has 5 heterocycles. The molecule has 2 aromatic rings. The molecule has 3 aliphatic heterocycles. The van der Waals surface area contributed by atoms with Crippen LogP contribution in [0.5, 0.6) is 0 Å². The van der Waals surface area contributed by atoms with Crippen molar-refractivity contribution in [1.29, 1.82) is 0 Å². The van der Waals surface area contributed by atoms with Crippen LogP contribution in [-0.2, 0) is 34.3 Å². The molecule has 0 saturated carbocycles. The maximum atomic E-state index is 13.7. The topological polar surface area (TPSA) is 124 Å². The lowest BCUT2D eigenvalue weighted by Gasteiger charge is -2.53. The Balaban J connectivity index is 1.55. The minimum atomic E-state index is -2.76. The van der Waals surface area contributed by atoms with Gasteiger partial charge in [0.25, 0.3) is 5.56 Å². The molecule has 4 atom stereocenters. The van der Waals surface area contributed by atoms with Gasteiger partial charge in [-0.15, -0.1) is 0 Å². The van der Waals surface area contributed by atoms with Crippen molar-refractivity contribution in [3.05, 3.63) is 16.7 Å². The van der Waals surface area contributed by atoms with E-state index in [0.29, 0.717) is 25.5 Å². The third kappa shape index (κ3) is 4.93. The average molecular weight is 579 g/mol. The van der Waals surface area contributed by atoms with Crippen LogP contribution in [0, 0.1) is 0 Å². The summed E-state index contributed by atoms with van der Waals surface area (Å²) in [5, 5.41) is -0.375. The highest BCUT2D eigenvalue weighted by molar-refractivity contribution is 6.73. The van der Waals surface area contributed by atoms with Crippen LogP contribution in [0.1, 0.15) is 47.8 Å². The fourth-order valence-electron chi connectivity index (χ4n) is 6.06. The fourth-order valence-corrected chi connectivity index (χ4v) is 11.0. The number of ether oxygens (including phenoxy) is 4. The summed E-state index contributed by atoms with van der Waals surface area (Å²) in [6.07, 6.45) is 0.802. The first kappa shape index (κ1) is 29.3. The molecule has 2 aromatic heterocycles. The number of aliphatic imine (C=N–C) groups is 1. The number of hydrogen-bond acceptors (Lipinski definition) is 10. The number of hydrogen-bond donors (Lipinski definition) is 0. The highest BCUT2D eigenvalue weighted by Crippen LogP contribution is 2.56. The van der Waals surface area contributed by atoms with Crippen molar-refractivity contribution < 1.29 is 27.8 Å². The summed E-state index contributed by atoms with van der Waals surface area (Å²) in [5.41, 5.74) is 0.201. The first-order valence-corrected chi connectivity index (χ1v) is 15.5. The lowest BCUT2D eigenvalue weighted by Crippen LogP contribution is -2.65. The van der Waals surface area contributed by atoms with Gasteiger partial charge in [0.2, 0.25) is 5.95 Å². The van der Waals surface area contributed by atoms with Gasteiger partial charge in [-0.05, 0) is 0 Å². The molecule has 0 radical (unpaired) electrons. The van der Waals surface area contributed by atoms with E-state index in [4.69, 9.17) is 32.8 Å². The third-order valence-electron chi connectivity index (χ3n) is 7.65. The van der Waals surface area contributed by atoms with E-state index in [1.807, 2.05) is 14.1 Å². The van der Waals surface area contributed by atoms with Crippen molar-refractivity contribution in [1.82, 2.24) is 24.0 Å². The zero-order valence-electron chi connectivity index (χ0n) is 24.9. The number of nitrogens with zero attached hydrogens (tertiary/aromatic N) is 6. The Hall–Kier alpha value is -2.20. The molecule has 3 saturated heterocycles. The van der Waals surface area contributed by atoms with Gasteiger partial charge in [-0.25, -0.2) is 9.98 Å². The van der Waals surface area contributed by atoms with Gasteiger partial charge in [0, 0.05) is 31.3 Å². The number of aromatic nitrogens is 4. The predicted octanol–water partition coefficient (Wildman–Crippen LogP) is 2.56. The van der Waals surface area contributed by atoms with Crippen molar-refractivity contribution in [3.63, 3.8) is 0 Å². The molecule has 0 aliphatic carbocycles. The van der Waals surface area contributed by atoms with E-state index in [0.717, 1.165) is 0 Å². The second-order valence-electron chi connectivity index (χ2n) is 12.8. The molecule has 0 N–H and O–H groups in total. The molecular formula is C26H42N6O7Si. The lowest BCUT2D eigenvalue weighted by molar-refractivity contribution is -0.0797. The Morgan fingerprint density at radius 3 is 2.45 bits per heavy atom. The molecule has 40 heavy (non-hydrogen) atoms. The van der Waals surface area contributed by atoms with Crippen molar-refractivity contribution in [2.45, 2.75) is 89.0 Å². The van der Waals surface area contributed by atoms with Crippen LogP contribution in [0.4, 0.5) is 5.95 Å². The second kappa shape index (κ2) is 10.6. The molecule has 0 amide bonds. The van der Waals surface area contributed by atoms with Crippen molar-refractivity contribution in [2.24, 2.45) is 4.99 Å². The zero-order valence-corrected chi connectivity index (χ0v) is 25.9. The Morgan fingerprint density at radius 2 is 1.85 bits per heavy atom. The lowest BCUT2D eigenvalue weighted by atomic mass is 10.1. The quantitative estimate of drug-likeness (QED) is 0.287. The highest BCUT2D eigenvalue weighted by Gasteiger charge is 2.65. The van der Waals surface area contributed by atoms with E-state index < -0.39 is 27.2 Å². The molecule has 3 fully saturated rings.